The van der Waals surface area contributed by atoms with Crippen molar-refractivity contribution in [3.05, 3.63) is 76.4 Å². The highest BCUT2D eigenvalue weighted by Gasteiger charge is 2.49. The topological polar surface area (TPSA) is 55.8 Å². The average Bonchev–Trinajstić information content (AvgIpc) is 3.08. The molecule has 29 heavy (non-hydrogen) atoms. The number of esters is 2. The van der Waals surface area contributed by atoms with Crippen molar-refractivity contribution >= 4 is 17.6 Å². The summed E-state index contributed by atoms with van der Waals surface area (Å²) in [5.74, 6) is -1.73. The Bertz CT molecular complexity index is 928. The van der Waals surface area contributed by atoms with Crippen molar-refractivity contribution < 1.29 is 19.1 Å². The first-order valence-corrected chi connectivity index (χ1v) is 9.73. The molecule has 5 nitrogen and oxygen atoms in total. The molecule has 0 unspecified atom stereocenters. The van der Waals surface area contributed by atoms with Crippen LogP contribution in [0.25, 0.3) is 5.70 Å². The molecule has 0 spiro atoms. The maximum atomic E-state index is 12.9. The minimum atomic E-state index is -0.772. The third-order valence-corrected chi connectivity index (χ3v) is 5.45. The summed E-state index contributed by atoms with van der Waals surface area (Å²) < 4.78 is 10.2. The highest BCUT2D eigenvalue weighted by atomic mass is 16.5. The molecule has 0 aliphatic carbocycles. The molecule has 0 radical (unpaired) electrons. The predicted octanol–water partition coefficient (Wildman–Crippen LogP) is 4.05. The fourth-order valence-corrected chi connectivity index (χ4v) is 4.01. The van der Waals surface area contributed by atoms with Crippen LogP contribution in [-0.4, -0.2) is 37.6 Å². The standard InChI is InChI=1S/C24H27NO4/c1-6-25-21(17-11-7-15(2)8-12-17)19(23(26)28-4)20(24(27)29-5)22(25)18-13-9-16(3)10-14-18/h7-14,19,21H,6H2,1-5H3/t19-,21-/m0/s1. The van der Waals surface area contributed by atoms with Gasteiger partial charge in [-0.15, -0.1) is 0 Å². The van der Waals surface area contributed by atoms with Crippen LogP contribution in [0.3, 0.4) is 0 Å². The van der Waals surface area contributed by atoms with E-state index in [1.807, 2.05) is 69.3 Å². The number of carbonyl (C=O) groups excluding carboxylic acids is 2. The molecule has 152 valence electrons. The van der Waals surface area contributed by atoms with Gasteiger partial charge >= 0.3 is 11.9 Å². The summed E-state index contributed by atoms with van der Waals surface area (Å²) in [5, 5.41) is 0. The van der Waals surface area contributed by atoms with Crippen LogP contribution in [0, 0.1) is 19.8 Å². The van der Waals surface area contributed by atoms with Gasteiger partial charge in [-0.1, -0.05) is 59.7 Å². The van der Waals surface area contributed by atoms with E-state index in [0.29, 0.717) is 12.1 Å². The van der Waals surface area contributed by atoms with Gasteiger partial charge in [-0.2, -0.15) is 0 Å². The van der Waals surface area contributed by atoms with Crippen molar-refractivity contribution in [2.75, 3.05) is 20.8 Å². The predicted molar refractivity (Wildman–Crippen MR) is 112 cm³/mol. The minimum absolute atomic E-state index is 0.343. The molecule has 0 N–H and O–H groups in total. The van der Waals surface area contributed by atoms with Crippen LogP contribution in [0.1, 0.15) is 35.2 Å². The number of carbonyl (C=O) groups is 2. The molecule has 0 bridgehead atoms. The zero-order valence-electron chi connectivity index (χ0n) is 17.6. The summed E-state index contributed by atoms with van der Waals surface area (Å²) >= 11 is 0. The monoisotopic (exact) mass is 393 g/mol. The van der Waals surface area contributed by atoms with Crippen molar-refractivity contribution in [1.29, 1.82) is 0 Å². The van der Waals surface area contributed by atoms with Crippen LogP contribution in [0.4, 0.5) is 0 Å². The van der Waals surface area contributed by atoms with Gasteiger partial charge in [0.25, 0.3) is 0 Å². The molecule has 0 fully saturated rings. The van der Waals surface area contributed by atoms with Crippen LogP contribution < -0.4 is 0 Å². The van der Waals surface area contributed by atoms with Gasteiger partial charge in [-0.3, -0.25) is 4.79 Å². The Hall–Kier alpha value is -3.08. The van der Waals surface area contributed by atoms with E-state index in [-0.39, 0.29) is 6.04 Å². The van der Waals surface area contributed by atoms with Gasteiger partial charge in [-0.05, 0) is 31.9 Å². The number of hydrogen-bond acceptors (Lipinski definition) is 5. The highest BCUT2D eigenvalue weighted by molar-refractivity contribution is 6.04. The molecule has 0 saturated carbocycles. The first-order chi connectivity index (χ1) is 13.9. The van der Waals surface area contributed by atoms with Crippen LogP contribution in [0.2, 0.25) is 0 Å². The van der Waals surface area contributed by atoms with Gasteiger partial charge in [0.05, 0.1) is 31.5 Å². The SMILES string of the molecule is CCN1C(c2ccc(C)cc2)=C(C(=O)OC)[C@H](C(=O)OC)[C@@H]1c1ccc(C)cc1. The second-order valence-corrected chi connectivity index (χ2v) is 7.26. The first kappa shape index (κ1) is 20.6. The lowest BCUT2D eigenvalue weighted by molar-refractivity contribution is -0.148. The Morgan fingerprint density at radius 2 is 1.45 bits per heavy atom. The zero-order valence-corrected chi connectivity index (χ0v) is 17.6. The van der Waals surface area contributed by atoms with Gasteiger partial charge < -0.3 is 14.4 Å². The summed E-state index contributed by atoms with van der Waals surface area (Å²) in [6.45, 7) is 6.67. The molecule has 5 heteroatoms. The van der Waals surface area contributed by atoms with E-state index >= 15 is 0 Å². The fourth-order valence-electron chi connectivity index (χ4n) is 4.01. The van der Waals surface area contributed by atoms with E-state index in [0.717, 1.165) is 28.0 Å². The van der Waals surface area contributed by atoms with E-state index in [9.17, 15) is 9.59 Å². The molecule has 0 amide bonds. The minimum Gasteiger partial charge on any atom is -0.468 e. The molecular formula is C24H27NO4. The van der Waals surface area contributed by atoms with Crippen molar-refractivity contribution in [3.63, 3.8) is 0 Å². The second-order valence-electron chi connectivity index (χ2n) is 7.26. The Kier molecular flexibility index (Phi) is 6.06. The van der Waals surface area contributed by atoms with Crippen LogP contribution in [0.15, 0.2) is 54.1 Å². The number of methoxy groups -OCH3 is 2. The Morgan fingerprint density at radius 1 is 0.897 bits per heavy atom. The summed E-state index contributed by atoms with van der Waals surface area (Å²) in [6, 6.07) is 15.6. The third-order valence-electron chi connectivity index (χ3n) is 5.45. The van der Waals surface area contributed by atoms with E-state index in [1.165, 1.54) is 14.2 Å². The Labute approximate surface area is 171 Å². The summed E-state index contributed by atoms with van der Waals surface area (Å²) in [4.78, 5) is 27.9. The number of benzene rings is 2. The Balaban J connectivity index is 2.26. The van der Waals surface area contributed by atoms with E-state index in [4.69, 9.17) is 9.47 Å². The number of nitrogens with zero attached hydrogens (tertiary/aromatic N) is 1. The lowest BCUT2D eigenvalue weighted by Gasteiger charge is -2.31. The van der Waals surface area contributed by atoms with E-state index < -0.39 is 17.9 Å². The molecule has 0 saturated heterocycles. The highest BCUT2D eigenvalue weighted by Crippen LogP contribution is 2.48. The molecule has 1 heterocycles. The van der Waals surface area contributed by atoms with Crippen molar-refractivity contribution in [2.24, 2.45) is 5.92 Å². The van der Waals surface area contributed by atoms with Crippen molar-refractivity contribution in [2.45, 2.75) is 26.8 Å². The zero-order chi connectivity index (χ0) is 21.1. The molecule has 1 aliphatic heterocycles. The van der Waals surface area contributed by atoms with Gasteiger partial charge in [0.1, 0.15) is 5.92 Å². The van der Waals surface area contributed by atoms with Gasteiger partial charge in [0, 0.05) is 6.54 Å². The first-order valence-electron chi connectivity index (χ1n) is 9.73. The summed E-state index contributed by atoms with van der Waals surface area (Å²) in [6.07, 6.45) is 0. The largest absolute Gasteiger partial charge is 0.468 e. The maximum absolute atomic E-state index is 12.9. The van der Waals surface area contributed by atoms with Crippen LogP contribution in [0.5, 0.6) is 0 Å². The van der Waals surface area contributed by atoms with Gasteiger partial charge in [0.15, 0.2) is 0 Å². The molecule has 2 atom stereocenters. The van der Waals surface area contributed by atoms with E-state index in [2.05, 4.69) is 4.90 Å². The molecule has 2 aromatic carbocycles. The quantitative estimate of drug-likeness (QED) is 0.717. The summed E-state index contributed by atoms with van der Waals surface area (Å²) in [7, 11) is 2.69. The molecule has 0 aromatic heterocycles. The third kappa shape index (κ3) is 3.77. The molecular weight excluding hydrogens is 366 g/mol. The Morgan fingerprint density at radius 3 is 1.93 bits per heavy atom. The van der Waals surface area contributed by atoms with Crippen LogP contribution in [-0.2, 0) is 19.1 Å². The average molecular weight is 393 g/mol. The van der Waals surface area contributed by atoms with Gasteiger partial charge in [-0.25, -0.2) is 4.79 Å². The smallest absolute Gasteiger partial charge is 0.336 e. The fraction of sp³-hybridized carbons (Fsp3) is 0.333. The lowest BCUT2D eigenvalue weighted by Crippen LogP contribution is -2.31. The normalized spacial score (nSPS) is 18.7. The van der Waals surface area contributed by atoms with Gasteiger partial charge in [0.2, 0.25) is 0 Å². The molecule has 2 aromatic rings. The number of rotatable bonds is 5. The maximum Gasteiger partial charge on any atom is 0.336 e. The molecule has 1 aliphatic rings. The number of hydrogen-bond donors (Lipinski definition) is 0. The summed E-state index contributed by atoms with van der Waals surface area (Å²) in [5.41, 5.74) is 5.15. The lowest BCUT2D eigenvalue weighted by atomic mass is 9.88. The van der Waals surface area contributed by atoms with E-state index in [1.54, 1.807) is 0 Å². The van der Waals surface area contributed by atoms with Crippen LogP contribution >= 0.6 is 0 Å². The molecule has 3 rings (SSSR count). The van der Waals surface area contributed by atoms with Crippen molar-refractivity contribution in [1.82, 2.24) is 4.90 Å². The second kappa shape index (κ2) is 8.52. The van der Waals surface area contributed by atoms with Crippen molar-refractivity contribution in [3.8, 4) is 0 Å². The number of aryl methyl sites for hydroxylation is 2. The number of ether oxygens (including phenoxy) is 2.